The number of ether oxygens (including phenoxy) is 1. The van der Waals surface area contributed by atoms with Crippen LogP contribution in [0.25, 0.3) is 0 Å². The van der Waals surface area contributed by atoms with Crippen LogP contribution in [-0.4, -0.2) is 26.6 Å². The summed E-state index contributed by atoms with van der Waals surface area (Å²) >= 11 is 0. The predicted molar refractivity (Wildman–Crippen MR) is 102 cm³/mol. The number of hydrogen-bond donors (Lipinski definition) is 1. The summed E-state index contributed by atoms with van der Waals surface area (Å²) in [5.74, 6) is 1.14. The van der Waals surface area contributed by atoms with Crippen LogP contribution in [0.15, 0.2) is 30.3 Å². The Bertz CT molecular complexity index is 599. The maximum Gasteiger partial charge on any atom is 0.407 e. The third-order valence-corrected chi connectivity index (χ3v) is 10.7. The molecule has 2 aliphatic rings. The number of carbonyl (C=O) groups excluding carboxylic acids is 1. The highest BCUT2D eigenvalue weighted by molar-refractivity contribution is 6.74. The van der Waals surface area contributed by atoms with Gasteiger partial charge in [-0.25, -0.2) is 4.79 Å². The monoisotopic (exact) mass is 361 g/mol. The fraction of sp³-hybridized carbons (Fsp3) is 0.650. The van der Waals surface area contributed by atoms with Crippen molar-refractivity contribution in [2.45, 2.75) is 70.5 Å². The molecule has 1 N–H and O–H groups in total. The molecule has 138 valence electrons. The molecule has 3 rings (SSSR count). The van der Waals surface area contributed by atoms with E-state index in [-0.39, 0.29) is 17.2 Å². The number of fused-ring (bicyclic) bond motifs is 1. The second-order valence-electron chi connectivity index (χ2n) is 9.03. The molecule has 2 unspecified atom stereocenters. The molecule has 1 amide bonds. The van der Waals surface area contributed by atoms with Crippen LogP contribution in [0.1, 0.15) is 39.2 Å². The van der Waals surface area contributed by atoms with Crippen molar-refractivity contribution < 1.29 is 14.0 Å². The van der Waals surface area contributed by atoms with Gasteiger partial charge in [0.15, 0.2) is 8.32 Å². The number of carbonyl (C=O) groups is 1. The van der Waals surface area contributed by atoms with E-state index < -0.39 is 8.32 Å². The minimum Gasteiger partial charge on any atom is -0.445 e. The summed E-state index contributed by atoms with van der Waals surface area (Å²) in [4.78, 5) is 12.0. The molecule has 0 spiro atoms. The Morgan fingerprint density at radius 1 is 1.16 bits per heavy atom. The van der Waals surface area contributed by atoms with E-state index in [1.54, 1.807) is 0 Å². The highest BCUT2D eigenvalue weighted by atomic mass is 28.4. The summed E-state index contributed by atoms with van der Waals surface area (Å²) in [6.45, 7) is 11.8. The molecule has 0 radical (unpaired) electrons. The Labute approximate surface area is 152 Å². The third-order valence-electron chi connectivity index (χ3n) is 6.17. The van der Waals surface area contributed by atoms with Gasteiger partial charge in [0.25, 0.3) is 0 Å². The highest BCUT2D eigenvalue weighted by Gasteiger charge is 2.58. The largest absolute Gasteiger partial charge is 0.445 e. The molecule has 0 aromatic heterocycles. The van der Waals surface area contributed by atoms with Gasteiger partial charge in [0.1, 0.15) is 6.61 Å². The van der Waals surface area contributed by atoms with E-state index in [0.29, 0.717) is 24.5 Å². The van der Waals surface area contributed by atoms with Gasteiger partial charge in [-0.3, -0.25) is 0 Å². The van der Waals surface area contributed by atoms with Gasteiger partial charge >= 0.3 is 6.09 Å². The van der Waals surface area contributed by atoms with Crippen molar-refractivity contribution in [3.63, 3.8) is 0 Å². The zero-order valence-electron chi connectivity index (χ0n) is 16.0. The number of alkyl carbamates (subject to hydrolysis) is 1. The van der Waals surface area contributed by atoms with Crippen LogP contribution in [0.3, 0.4) is 0 Å². The van der Waals surface area contributed by atoms with Gasteiger partial charge < -0.3 is 14.5 Å². The molecule has 2 fully saturated rings. The van der Waals surface area contributed by atoms with E-state index in [9.17, 15) is 4.79 Å². The summed E-state index contributed by atoms with van der Waals surface area (Å²) in [5.41, 5.74) is 1.01. The summed E-state index contributed by atoms with van der Waals surface area (Å²) < 4.78 is 11.8. The van der Waals surface area contributed by atoms with E-state index in [2.05, 4.69) is 39.2 Å². The quantitative estimate of drug-likeness (QED) is 0.773. The fourth-order valence-electron chi connectivity index (χ4n) is 3.60. The molecule has 4 atom stereocenters. The van der Waals surface area contributed by atoms with Crippen LogP contribution in [0.4, 0.5) is 4.79 Å². The zero-order chi connectivity index (χ0) is 18.2. The molecular weight excluding hydrogens is 330 g/mol. The molecule has 0 bridgehead atoms. The van der Waals surface area contributed by atoms with Crippen molar-refractivity contribution in [3.8, 4) is 0 Å². The van der Waals surface area contributed by atoms with Crippen molar-refractivity contribution in [2.24, 2.45) is 11.8 Å². The smallest absolute Gasteiger partial charge is 0.407 e. The predicted octanol–water partition coefficient (Wildman–Crippen LogP) is 4.71. The SMILES string of the molecule is CC(C)(C)[Si](C)(C)OC1C[C@@H]2C(NC(=O)OCc3ccccc3)[C@@H]2C1. The fourth-order valence-corrected chi connectivity index (χ4v) is 4.98. The van der Waals surface area contributed by atoms with Gasteiger partial charge in [0.05, 0.1) is 0 Å². The Morgan fingerprint density at radius 2 is 1.76 bits per heavy atom. The minimum atomic E-state index is -1.70. The van der Waals surface area contributed by atoms with E-state index in [0.717, 1.165) is 18.4 Å². The summed E-state index contributed by atoms with van der Waals surface area (Å²) in [5, 5.41) is 3.28. The zero-order valence-corrected chi connectivity index (χ0v) is 17.0. The Kier molecular flexibility index (Phi) is 4.99. The van der Waals surface area contributed by atoms with E-state index in [1.807, 2.05) is 30.3 Å². The molecule has 2 aliphatic carbocycles. The third kappa shape index (κ3) is 4.26. The van der Waals surface area contributed by atoms with Crippen molar-refractivity contribution in [1.29, 1.82) is 0 Å². The van der Waals surface area contributed by atoms with E-state index >= 15 is 0 Å². The summed E-state index contributed by atoms with van der Waals surface area (Å²) in [6.07, 6.45) is 2.21. The Morgan fingerprint density at radius 3 is 2.32 bits per heavy atom. The second kappa shape index (κ2) is 6.76. The Hall–Kier alpha value is -1.33. The van der Waals surface area contributed by atoms with Crippen molar-refractivity contribution >= 4 is 14.4 Å². The molecule has 1 aromatic carbocycles. The van der Waals surface area contributed by atoms with Gasteiger partial charge in [-0.2, -0.15) is 0 Å². The number of rotatable bonds is 5. The van der Waals surface area contributed by atoms with E-state index in [4.69, 9.17) is 9.16 Å². The maximum absolute atomic E-state index is 12.0. The molecule has 0 aliphatic heterocycles. The average molecular weight is 362 g/mol. The number of nitrogens with one attached hydrogen (secondary N) is 1. The first-order valence-electron chi connectivity index (χ1n) is 9.32. The molecule has 4 nitrogen and oxygen atoms in total. The average Bonchev–Trinajstić information content (AvgIpc) is 2.97. The number of hydrogen-bond acceptors (Lipinski definition) is 3. The van der Waals surface area contributed by atoms with Gasteiger partial charge in [0.2, 0.25) is 0 Å². The number of benzene rings is 1. The normalized spacial score (nSPS) is 28.4. The van der Waals surface area contributed by atoms with Crippen LogP contribution in [0.5, 0.6) is 0 Å². The molecule has 0 heterocycles. The lowest BCUT2D eigenvalue weighted by Crippen LogP contribution is -2.44. The van der Waals surface area contributed by atoms with Crippen LogP contribution in [0, 0.1) is 11.8 Å². The topological polar surface area (TPSA) is 47.6 Å². The van der Waals surface area contributed by atoms with Gasteiger partial charge in [-0.15, -0.1) is 0 Å². The number of amides is 1. The van der Waals surface area contributed by atoms with Crippen LogP contribution >= 0.6 is 0 Å². The second-order valence-corrected chi connectivity index (χ2v) is 13.8. The molecule has 5 heteroatoms. The van der Waals surface area contributed by atoms with E-state index in [1.165, 1.54) is 0 Å². The summed E-state index contributed by atoms with van der Waals surface area (Å²) in [6, 6.07) is 10.1. The first-order valence-corrected chi connectivity index (χ1v) is 12.2. The van der Waals surface area contributed by atoms with Gasteiger partial charge in [-0.1, -0.05) is 51.1 Å². The van der Waals surface area contributed by atoms with Gasteiger partial charge in [-0.05, 0) is 48.4 Å². The first-order chi connectivity index (χ1) is 11.7. The minimum absolute atomic E-state index is 0.249. The lowest BCUT2D eigenvalue weighted by atomic mass is 10.2. The van der Waals surface area contributed by atoms with Crippen LogP contribution < -0.4 is 5.32 Å². The first kappa shape index (κ1) is 18.5. The maximum atomic E-state index is 12.0. The Balaban J connectivity index is 1.39. The molecular formula is C20H31NO3Si. The van der Waals surface area contributed by atoms with Crippen molar-refractivity contribution in [3.05, 3.63) is 35.9 Å². The lowest BCUT2D eigenvalue weighted by molar-refractivity contribution is 0.134. The molecule has 2 saturated carbocycles. The molecule has 0 saturated heterocycles. The molecule has 25 heavy (non-hydrogen) atoms. The van der Waals surface area contributed by atoms with Crippen molar-refractivity contribution in [1.82, 2.24) is 5.32 Å². The lowest BCUT2D eigenvalue weighted by Gasteiger charge is -2.39. The standard InChI is InChI=1S/C20H31NO3Si/c1-20(2,3)25(4,5)24-15-11-16-17(12-15)18(16)21-19(22)23-13-14-9-7-6-8-10-14/h6-10,15-18H,11-13H2,1-5H3,(H,21,22)/t15?,16-,17+,18?. The molecule has 1 aromatic rings. The van der Waals surface area contributed by atoms with Crippen LogP contribution in [-0.2, 0) is 15.8 Å². The summed E-state index contributed by atoms with van der Waals surface area (Å²) in [7, 11) is -1.70. The highest BCUT2D eigenvalue weighted by Crippen LogP contribution is 2.54. The van der Waals surface area contributed by atoms with Gasteiger partial charge in [0, 0.05) is 12.1 Å². The van der Waals surface area contributed by atoms with Crippen molar-refractivity contribution in [2.75, 3.05) is 0 Å². The van der Waals surface area contributed by atoms with Crippen LogP contribution in [0.2, 0.25) is 18.1 Å².